The Morgan fingerprint density at radius 1 is 0.488 bits per heavy atom. The predicted octanol–water partition coefficient (Wildman–Crippen LogP) is 7.81. The summed E-state index contributed by atoms with van der Waals surface area (Å²) in [6.07, 6.45) is 0. The first-order valence-corrected chi connectivity index (χ1v) is 11.1. The van der Waals surface area contributed by atoms with Gasteiger partial charge in [-0.25, -0.2) is 19.4 Å². The third-order valence-corrected chi connectivity index (χ3v) is 5.59. The molecule has 0 aliphatic carbocycles. The summed E-state index contributed by atoms with van der Waals surface area (Å²) in [4.78, 5) is 37.6. The van der Waals surface area contributed by atoms with Crippen molar-refractivity contribution in [2.24, 2.45) is 0 Å². The molecule has 204 valence electrons. The van der Waals surface area contributed by atoms with Crippen molar-refractivity contribution in [3.05, 3.63) is 130 Å². The zero-order chi connectivity index (χ0) is 31.7. The average Bonchev–Trinajstić information content (AvgIpc) is 3.09. The second-order valence-electron chi connectivity index (χ2n) is 7.64. The maximum absolute atomic E-state index is 9.44. The zero-order valence-electron chi connectivity index (χ0n) is 22.0. The SMILES string of the molecule is [C-]#[N+]c1ccc([N+]#[C-])c(-c2cc(-c3cc(C#N)ccc3[N+]#[C-])cc(-c3cc(C#N)ccc3[N+]#[C-])c2)c1.[CH-]=O.[CH-]=O.[CH-]=O.[Mo]. The van der Waals surface area contributed by atoms with E-state index in [4.69, 9.17) is 40.7 Å². The van der Waals surface area contributed by atoms with Crippen molar-refractivity contribution >= 4 is 43.1 Å². The molecule has 0 fully saturated rings. The summed E-state index contributed by atoms with van der Waals surface area (Å²) in [6, 6.07) is 24.0. The molecule has 0 saturated heterocycles. The van der Waals surface area contributed by atoms with Crippen molar-refractivity contribution in [2.45, 2.75) is 0 Å². The number of carbonyl (C=O) groups excluding carboxylic acids is 3. The smallest absolute Gasteiger partial charge is 0.194 e. The van der Waals surface area contributed by atoms with Crippen LogP contribution in [0, 0.1) is 49.0 Å². The summed E-state index contributed by atoms with van der Waals surface area (Å²) in [6.45, 7) is 40.0. The van der Waals surface area contributed by atoms with E-state index in [1.807, 2.05) is 0 Å². The van der Waals surface area contributed by atoms with Gasteiger partial charge in [0, 0.05) is 21.1 Å². The van der Waals surface area contributed by atoms with Crippen LogP contribution in [-0.4, -0.2) is 20.4 Å². The van der Waals surface area contributed by atoms with E-state index in [9.17, 15) is 10.5 Å². The molecular formula is C33H15MoN6O3-3. The first-order chi connectivity index (χ1) is 20.5. The summed E-state index contributed by atoms with van der Waals surface area (Å²) < 4.78 is 0. The van der Waals surface area contributed by atoms with E-state index in [0.717, 1.165) is 0 Å². The van der Waals surface area contributed by atoms with Gasteiger partial charge in [0.25, 0.3) is 0 Å². The summed E-state index contributed by atoms with van der Waals surface area (Å²) in [5.74, 6) is 0. The summed E-state index contributed by atoms with van der Waals surface area (Å²) >= 11 is 0. The second kappa shape index (κ2) is 18.7. The van der Waals surface area contributed by atoms with Gasteiger partial charge < -0.3 is 14.4 Å². The van der Waals surface area contributed by atoms with Gasteiger partial charge in [-0.15, -0.1) is 0 Å². The van der Waals surface area contributed by atoms with E-state index in [0.29, 0.717) is 67.3 Å². The van der Waals surface area contributed by atoms with Gasteiger partial charge in [-0.1, -0.05) is 42.5 Å². The maximum atomic E-state index is 9.44. The van der Waals surface area contributed by atoms with Gasteiger partial charge in [-0.05, 0) is 63.7 Å². The molecule has 43 heavy (non-hydrogen) atoms. The Morgan fingerprint density at radius 3 is 1.12 bits per heavy atom. The van der Waals surface area contributed by atoms with E-state index in [1.165, 1.54) is 0 Å². The van der Waals surface area contributed by atoms with E-state index in [-0.39, 0.29) is 21.1 Å². The number of hydrogen-bond donors (Lipinski definition) is 0. The molecule has 0 heterocycles. The van der Waals surface area contributed by atoms with Gasteiger partial charge in [0.15, 0.2) is 22.7 Å². The Morgan fingerprint density at radius 2 is 0.814 bits per heavy atom. The van der Waals surface area contributed by atoms with Crippen LogP contribution in [0.3, 0.4) is 0 Å². The fraction of sp³-hybridized carbons (Fsp3) is 0. The second-order valence-corrected chi connectivity index (χ2v) is 7.64. The average molecular weight is 639 g/mol. The van der Waals surface area contributed by atoms with Gasteiger partial charge in [-0.2, -0.15) is 10.5 Å². The molecule has 0 N–H and O–H groups in total. The van der Waals surface area contributed by atoms with Crippen LogP contribution in [0.5, 0.6) is 0 Å². The van der Waals surface area contributed by atoms with Gasteiger partial charge in [0.05, 0.1) is 49.6 Å². The van der Waals surface area contributed by atoms with E-state index in [2.05, 4.69) is 51.9 Å². The van der Waals surface area contributed by atoms with Crippen LogP contribution in [-0.2, 0) is 35.4 Å². The number of rotatable bonds is 3. The molecule has 4 aromatic rings. The molecule has 4 rings (SSSR count). The Kier molecular flexibility index (Phi) is 15.9. The summed E-state index contributed by atoms with van der Waals surface area (Å²) in [5.41, 5.74) is 5.56. The summed E-state index contributed by atoms with van der Waals surface area (Å²) in [7, 11) is 0. The molecule has 10 heteroatoms. The van der Waals surface area contributed by atoms with Crippen LogP contribution in [0.15, 0.2) is 72.8 Å². The standard InChI is InChI=1S/C30H12N6.3CHO.Mo/c1-33-24-7-10-30(36-4)27(16-24)23-14-21(25-11-19(17-31)5-8-28(25)34-2)13-22(15-23)26-12-20(18-32)6-9-29(26)35-3;3*1-2;/h5-16H;3*1H;/q;3*-1;. The van der Waals surface area contributed by atoms with Gasteiger partial charge >= 0.3 is 0 Å². The largest absolute Gasteiger partial charge is 0.545 e. The number of benzene rings is 4. The Balaban J connectivity index is 0.00000237. The quantitative estimate of drug-likeness (QED) is 0.129. The first kappa shape index (κ1) is 36.5. The summed E-state index contributed by atoms with van der Waals surface area (Å²) in [5, 5.41) is 18.9. The molecule has 0 atom stereocenters. The minimum Gasteiger partial charge on any atom is -0.545 e. The van der Waals surface area contributed by atoms with Gasteiger partial charge in [0.1, 0.15) is 0 Å². The van der Waals surface area contributed by atoms with Crippen LogP contribution >= 0.6 is 0 Å². The molecule has 0 saturated carbocycles. The molecule has 0 spiro atoms. The van der Waals surface area contributed by atoms with Crippen molar-refractivity contribution in [3.63, 3.8) is 0 Å². The van der Waals surface area contributed by atoms with Crippen molar-refractivity contribution < 1.29 is 35.4 Å². The molecule has 0 radical (unpaired) electrons. The van der Waals surface area contributed by atoms with Crippen molar-refractivity contribution in [3.8, 4) is 45.5 Å². The topological polar surface area (TPSA) is 116 Å². The van der Waals surface area contributed by atoms with Crippen LogP contribution in [0.2, 0.25) is 0 Å². The Hall–Kier alpha value is -6.48. The molecule has 0 bridgehead atoms. The number of nitrogens with zero attached hydrogens (tertiary/aromatic N) is 6. The normalized spacial score (nSPS) is 8.23. The fourth-order valence-electron chi connectivity index (χ4n) is 3.88. The van der Waals surface area contributed by atoms with Crippen molar-refractivity contribution in [1.82, 2.24) is 0 Å². The Bertz CT molecular complexity index is 1650. The van der Waals surface area contributed by atoms with Crippen LogP contribution in [0.1, 0.15) is 11.1 Å². The van der Waals surface area contributed by atoms with Gasteiger partial charge in [-0.3, -0.25) is 20.4 Å². The third-order valence-electron chi connectivity index (χ3n) is 5.59. The third kappa shape index (κ3) is 8.50. The number of nitriles is 2. The van der Waals surface area contributed by atoms with Crippen LogP contribution in [0.25, 0.3) is 52.8 Å². The van der Waals surface area contributed by atoms with Crippen molar-refractivity contribution in [2.75, 3.05) is 0 Å². The van der Waals surface area contributed by atoms with E-state index in [1.54, 1.807) is 72.8 Å². The molecule has 0 aliphatic heterocycles. The minimum atomic E-state index is 0. The minimum absolute atomic E-state index is 0. The predicted molar refractivity (Wildman–Crippen MR) is 157 cm³/mol. The maximum Gasteiger partial charge on any atom is 0.194 e. The van der Waals surface area contributed by atoms with Gasteiger partial charge in [0.2, 0.25) is 0 Å². The van der Waals surface area contributed by atoms with Crippen LogP contribution in [0.4, 0.5) is 22.7 Å². The molecular weight excluding hydrogens is 624 g/mol. The van der Waals surface area contributed by atoms with E-state index < -0.39 is 0 Å². The van der Waals surface area contributed by atoms with Crippen molar-refractivity contribution in [1.29, 1.82) is 10.5 Å². The molecule has 0 unspecified atom stereocenters. The first-order valence-electron chi connectivity index (χ1n) is 11.1. The zero-order valence-corrected chi connectivity index (χ0v) is 24.0. The fourth-order valence-corrected chi connectivity index (χ4v) is 3.88. The van der Waals surface area contributed by atoms with E-state index >= 15 is 0 Å². The monoisotopic (exact) mass is 641 g/mol. The molecule has 0 amide bonds. The molecule has 4 aromatic carbocycles. The molecule has 0 aromatic heterocycles. The molecule has 9 nitrogen and oxygen atoms in total. The Labute approximate surface area is 263 Å². The number of hydrogen-bond acceptors (Lipinski definition) is 5. The molecule has 0 aliphatic rings. The van der Waals surface area contributed by atoms with Crippen LogP contribution < -0.4 is 0 Å².